The molecule has 0 fully saturated rings. The Hall–Kier alpha value is -13.9. The standard InChI is InChI=1S/C58H44N2O2.C50H40N2O/c1-57(2)47-35-40(59(38-21-10-6-11-22-38)39-23-12-7-13-24-39)31-33-45(47)55-52(57)53-56(62-55)46-34-32-41(36-48(46)58(53,3)4)60(49-28-16-14-25-42(49)37-19-8-5-9-20-37)50-29-18-27-44-43-26-15-17-30-51(43)61-54(44)50;1-49(2)43-31-39(51(35-18-8-5-9-19-35)36-20-10-6-11-21-36)26-28-41(43)47-45(49)46-48(53-47)42-29-27-40(32-44(42)50(46,3)4)52(37-22-12-7-13-23-37)38-25-24-33-16-14-15-17-34(33)30-38/h5-36H,1-4H3;5-32H,1-4H3. The Morgan fingerprint density at radius 3 is 0.948 bits per heavy atom. The van der Waals surface area contributed by atoms with Gasteiger partial charge in [-0.15, -0.1) is 0 Å². The lowest BCUT2D eigenvalue weighted by molar-refractivity contribution is 0.592. The van der Waals surface area contributed by atoms with Crippen LogP contribution in [0, 0.1) is 0 Å². The fraction of sp³-hybridized carbons (Fsp3) is 0.111. The third-order valence-electron chi connectivity index (χ3n) is 25.0. The van der Waals surface area contributed by atoms with Crippen molar-refractivity contribution in [1.29, 1.82) is 0 Å². The van der Waals surface area contributed by atoms with E-state index in [1.54, 1.807) is 0 Å². The fourth-order valence-electron chi connectivity index (χ4n) is 19.5. The molecule has 3 aromatic heterocycles. The predicted molar refractivity (Wildman–Crippen MR) is 477 cm³/mol. The normalized spacial score (nSPS) is 14.2. The third-order valence-corrected chi connectivity index (χ3v) is 25.0. The molecule has 0 radical (unpaired) electrons. The highest BCUT2D eigenvalue weighted by Crippen LogP contribution is 2.65. The van der Waals surface area contributed by atoms with Crippen LogP contribution in [0.3, 0.4) is 0 Å². The Kier molecular flexibility index (Phi) is 15.8. The summed E-state index contributed by atoms with van der Waals surface area (Å²) in [5, 5.41) is 4.67. The van der Waals surface area contributed by atoms with E-state index in [4.69, 9.17) is 13.3 Å². The van der Waals surface area contributed by atoms with Crippen LogP contribution >= 0.6 is 0 Å². The first kappa shape index (κ1) is 69.1. The van der Waals surface area contributed by atoms with E-state index in [2.05, 4.69) is 433 Å². The second-order valence-corrected chi connectivity index (χ2v) is 33.1. The average Bonchev–Trinajstić information content (AvgIpc) is 1.52. The van der Waals surface area contributed by atoms with Gasteiger partial charge in [-0.25, -0.2) is 0 Å². The van der Waals surface area contributed by atoms with Gasteiger partial charge < -0.3 is 32.9 Å². The second-order valence-electron chi connectivity index (χ2n) is 33.1. The molecule has 0 N–H and O–H groups in total. The molecule has 15 aromatic carbocycles. The molecule has 0 atom stereocenters. The van der Waals surface area contributed by atoms with E-state index in [9.17, 15) is 0 Å². The van der Waals surface area contributed by atoms with Crippen molar-refractivity contribution in [2.75, 3.05) is 19.6 Å². The number of nitrogens with zero attached hydrogens (tertiary/aromatic N) is 4. The Bertz CT molecular complexity index is 6770. The van der Waals surface area contributed by atoms with E-state index >= 15 is 0 Å². The summed E-state index contributed by atoms with van der Waals surface area (Å²) in [4.78, 5) is 9.45. The lowest BCUT2D eigenvalue weighted by Gasteiger charge is -2.31. The average molecular weight is 1490 g/mol. The number of fused-ring (bicyclic) bond motifs is 18. The summed E-state index contributed by atoms with van der Waals surface area (Å²) in [7, 11) is 0. The van der Waals surface area contributed by atoms with Crippen LogP contribution in [-0.4, -0.2) is 0 Å². The second kappa shape index (κ2) is 26.4. The first-order valence-corrected chi connectivity index (χ1v) is 40.0. The molecular weight excluding hydrogens is 1400 g/mol. The van der Waals surface area contributed by atoms with Gasteiger partial charge in [0.1, 0.15) is 28.6 Å². The van der Waals surface area contributed by atoms with Crippen LogP contribution in [0.25, 0.3) is 89.1 Å². The third kappa shape index (κ3) is 10.8. The van der Waals surface area contributed by atoms with Crippen molar-refractivity contribution in [2.45, 2.75) is 77.0 Å². The molecule has 7 nitrogen and oxygen atoms in total. The maximum atomic E-state index is 7.16. The SMILES string of the molecule is CC1(C)c2cc(N(c3ccccc3)c3ccccc3)ccc2-c2oc3c(c21)C(C)(C)c1cc(N(c2ccccc2)c2ccc4ccccc4c2)ccc1-3.CC1(C)c2cc(N(c3ccccc3)c3ccccc3)ccc2-c2oc3c(c21)C(C)(C)c1cc(N(c2ccccc2-c2ccccc2)c2cccc4c2oc2ccccc24)ccc1-3. The smallest absolute Gasteiger partial charge is 0.159 e. The lowest BCUT2D eigenvalue weighted by Crippen LogP contribution is -2.23. The Balaban J connectivity index is 0.000000146. The van der Waals surface area contributed by atoms with Gasteiger partial charge in [0.2, 0.25) is 0 Å². The highest BCUT2D eigenvalue weighted by atomic mass is 16.3. The van der Waals surface area contributed by atoms with Crippen molar-refractivity contribution in [3.05, 3.63) is 408 Å². The molecule has 4 aliphatic rings. The minimum Gasteiger partial charge on any atom is -0.455 e. The highest BCUT2D eigenvalue weighted by molar-refractivity contribution is 6.11. The number of hydrogen-bond acceptors (Lipinski definition) is 7. The van der Waals surface area contributed by atoms with Crippen molar-refractivity contribution in [3.63, 3.8) is 0 Å². The van der Waals surface area contributed by atoms with E-state index in [1.165, 1.54) is 72.0 Å². The van der Waals surface area contributed by atoms with E-state index in [-0.39, 0.29) is 21.7 Å². The van der Waals surface area contributed by atoms with Gasteiger partial charge in [0, 0.05) is 139 Å². The maximum absolute atomic E-state index is 7.16. The Morgan fingerprint density at radius 2 is 0.522 bits per heavy atom. The van der Waals surface area contributed by atoms with Crippen molar-refractivity contribution in [3.8, 4) is 56.4 Å². The van der Waals surface area contributed by atoms with E-state index < -0.39 is 0 Å². The van der Waals surface area contributed by atoms with Crippen molar-refractivity contribution < 1.29 is 13.3 Å². The van der Waals surface area contributed by atoms with Crippen molar-refractivity contribution >= 4 is 101 Å². The van der Waals surface area contributed by atoms with Gasteiger partial charge in [-0.1, -0.05) is 256 Å². The molecule has 18 aromatic rings. The summed E-state index contributed by atoms with van der Waals surface area (Å²) >= 11 is 0. The number of para-hydroxylation sites is 8. The molecule has 554 valence electrons. The first-order valence-electron chi connectivity index (χ1n) is 40.0. The molecule has 3 heterocycles. The van der Waals surface area contributed by atoms with Crippen LogP contribution in [0.1, 0.15) is 99.9 Å². The van der Waals surface area contributed by atoms with Gasteiger partial charge in [-0.2, -0.15) is 0 Å². The number of anilines is 12. The zero-order chi connectivity index (χ0) is 77.6. The quantitative estimate of drug-likeness (QED) is 0.114. The maximum Gasteiger partial charge on any atom is 0.159 e. The van der Waals surface area contributed by atoms with Crippen LogP contribution in [0.4, 0.5) is 68.2 Å². The lowest BCUT2D eigenvalue weighted by atomic mass is 9.74. The topological polar surface area (TPSA) is 52.4 Å². The number of furan rings is 3. The largest absolute Gasteiger partial charge is 0.455 e. The van der Waals surface area contributed by atoms with Gasteiger partial charge in [0.15, 0.2) is 5.58 Å². The van der Waals surface area contributed by atoms with Gasteiger partial charge in [0.05, 0.1) is 11.4 Å². The molecule has 0 amide bonds. The van der Waals surface area contributed by atoms with Crippen LogP contribution < -0.4 is 19.6 Å². The summed E-state index contributed by atoms with van der Waals surface area (Å²) in [5.74, 6) is 3.99. The molecule has 4 aliphatic carbocycles. The predicted octanol–water partition coefficient (Wildman–Crippen LogP) is 30.4. The van der Waals surface area contributed by atoms with Crippen LogP contribution in [0.15, 0.2) is 377 Å². The summed E-state index contributed by atoms with van der Waals surface area (Å²) in [6, 6.07) is 130. The van der Waals surface area contributed by atoms with Gasteiger partial charge in [-0.3, -0.25) is 0 Å². The minimum absolute atomic E-state index is 0.264. The summed E-state index contributed by atoms with van der Waals surface area (Å²) < 4.78 is 21.0. The number of rotatable bonds is 13. The summed E-state index contributed by atoms with van der Waals surface area (Å²) in [6.45, 7) is 19.0. The minimum atomic E-state index is -0.351. The Morgan fingerprint density at radius 1 is 0.209 bits per heavy atom. The molecule has 0 saturated carbocycles. The van der Waals surface area contributed by atoms with Gasteiger partial charge in [-0.05, 0) is 202 Å². The summed E-state index contributed by atoms with van der Waals surface area (Å²) in [5.41, 5.74) is 31.1. The van der Waals surface area contributed by atoms with Crippen LogP contribution in [0.2, 0.25) is 0 Å². The molecule has 22 rings (SSSR count). The van der Waals surface area contributed by atoms with E-state index in [0.717, 1.165) is 130 Å². The van der Waals surface area contributed by atoms with Gasteiger partial charge >= 0.3 is 0 Å². The monoisotopic (exact) mass is 1480 g/mol. The molecule has 115 heavy (non-hydrogen) atoms. The molecule has 0 aliphatic heterocycles. The molecule has 7 heteroatoms. The first-order chi connectivity index (χ1) is 56.1. The highest BCUT2D eigenvalue weighted by Gasteiger charge is 2.52. The molecule has 0 spiro atoms. The fourth-order valence-corrected chi connectivity index (χ4v) is 19.5. The number of hydrogen-bond donors (Lipinski definition) is 0. The summed E-state index contributed by atoms with van der Waals surface area (Å²) in [6.07, 6.45) is 0. The molecule has 0 unspecified atom stereocenters. The van der Waals surface area contributed by atoms with Crippen LogP contribution in [-0.2, 0) is 21.7 Å². The van der Waals surface area contributed by atoms with Gasteiger partial charge in [0.25, 0.3) is 0 Å². The molecule has 0 saturated heterocycles. The zero-order valence-electron chi connectivity index (χ0n) is 65.7. The number of benzene rings is 15. The molecular formula is C108H84N4O3. The van der Waals surface area contributed by atoms with Crippen LogP contribution in [0.5, 0.6) is 0 Å². The van der Waals surface area contributed by atoms with Crippen molar-refractivity contribution in [1.82, 2.24) is 0 Å². The van der Waals surface area contributed by atoms with Crippen molar-refractivity contribution in [2.24, 2.45) is 0 Å². The van der Waals surface area contributed by atoms with E-state index in [0.29, 0.717) is 0 Å². The Labute approximate surface area is 671 Å². The zero-order valence-corrected chi connectivity index (χ0v) is 65.7. The van der Waals surface area contributed by atoms with E-state index in [1.807, 2.05) is 6.07 Å². The molecule has 0 bridgehead atoms.